The topological polar surface area (TPSA) is 182 Å². The molecule has 0 saturated carbocycles. The van der Waals surface area contributed by atoms with Gasteiger partial charge in [0, 0.05) is 40.7 Å². The average molecular weight is 1900 g/mol. The second-order valence-corrected chi connectivity index (χ2v) is 34.7. The number of benzene rings is 8. The molecule has 3 aliphatic heterocycles. The van der Waals surface area contributed by atoms with Crippen LogP contribution in [0.1, 0.15) is 164 Å². The molecule has 0 unspecified atom stereocenters. The molecule has 0 atom stereocenters. The monoisotopic (exact) mass is 1900 g/mol. The lowest BCUT2D eigenvalue weighted by atomic mass is 9.49. The summed E-state index contributed by atoms with van der Waals surface area (Å²) in [4.78, 5) is 35.2. The van der Waals surface area contributed by atoms with Crippen molar-refractivity contribution in [1.82, 2.24) is 28.7 Å². The molecule has 3 fully saturated rings. The van der Waals surface area contributed by atoms with Crippen LogP contribution in [0.4, 0.5) is 52.7 Å². The highest BCUT2D eigenvalue weighted by atomic mass is 79.9. The Morgan fingerprint density at radius 2 is 0.669 bits per heavy atom. The zero-order valence-corrected chi connectivity index (χ0v) is 75.9. The van der Waals surface area contributed by atoms with Crippen molar-refractivity contribution in [3.63, 3.8) is 0 Å². The van der Waals surface area contributed by atoms with E-state index in [1.54, 1.807) is 58.9 Å². The van der Waals surface area contributed by atoms with Gasteiger partial charge in [-0.25, -0.2) is 15.0 Å². The number of rotatable bonds is 20. The molecule has 676 valence electrons. The molecule has 3 aliphatic rings. The van der Waals surface area contributed by atoms with Crippen LogP contribution in [-0.2, 0) is 117 Å². The number of nitrogens with zero attached hydrogens (tertiary/aromatic N) is 6. The van der Waals surface area contributed by atoms with Gasteiger partial charge >= 0.3 is 57.8 Å². The smallest absolute Gasteiger partial charge is 0.465 e. The summed E-state index contributed by atoms with van der Waals surface area (Å²) >= 11 is 6.60. The van der Waals surface area contributed by atoms with Crippen molar-refractivity contribution in [1.29, 1.82) is 0 Å². The molecule has 14 rings (SSSR count). The number of ether oxygens (including phenoxy) is 2. The standard InChI is InChI=1S/C21H19F3N2O2.C20H22BF3O2.C19H17F3N2O.C14H10BrF3.C12H24B2O4.C7H9BrN2O2/c1-2-28-20(27)13-26-12-19(25-14-26)18-6-4-3-5-16(18)11-15-7-9-17(10-8-15)21(22,23)24;1-18(2)19(3,4)26-21(25-18)17-8-6-5-7-15(17)13-14-9-11-16(12-10-14)20(22,23)24;20-19(21,22)16-7-5-14(6-8-16)11-15-3-1-2-4-17(15)18-12-24(9-10-25)13-23-18;15-13-4-2-1-3-11(13)9-10-5-7-12(8-6-10)14(16,17)18;1-9(2)10(3,4)16-13(15-9)14-17-11(5,6)12(7,8)18-14;1-2-12-7(11)4-10-3-6(8)9-5-10/h3-10,12,14H,2,11,13H2,1H3;5-12H,13H2,1-4H3;1-8,12-13,25H,9-11H2;1-8H,9H2;1-8H3;3,5H,2,4H2,1H3. The first kappa shape index (κ1) is 101. The minimum atomic E-state index is -4.35. The van der Waals surface area contributed by atoms with E-state index in [1.807, 2.05) is 186 Å². The molecular weight excluding hydrogens is 1800 g/mol. The van der Waals surface area contributed by atoms with E-state index in [1.165, 1.54) is 48.5 Å². The van der Waals surface area contributed by atoms with Crippen LogP contribution < -0.4 is 5.46 Å². The Kier molecular flexibility index (Phi) is 34.0. The van der Waals surface area contributed by atoms with E-state index < -0.39 is 79.3 Å². The largest absolute Gasteiger partial charge is 0.495 e. The third kappa shape index (κ3) is 28.4. The molecule has 0 aliphatic carbocycles. The van der Waals surface area contributed by atoms with Gasteiger partial charge < -0.3 is 56.2 Å². The molecule has 17 nitrogen and oxygen atoms in total. The van der Waals surface area contributed by atoms with Crippen LogP contribution in [0.25, 0.3) is 22.5 Å². The number of alkyl halides is 12. The van der Waals surface area contributed by atoms with Gasteiger partial charge in [-0.15, -0.1) is 0 Å². The molecule has 0 radical (unpaired) electrons. The van der Waals surface area contributed by atoms with E-state index in [0.717, 1.165) is 120 Å². The number of hydrogen-bond donors (Lipinski definition) is 1. The quantitative estimate of drug-likeness (QED) is 0.0432. The van der Waals surface area contributed by atoms with E-state index in [2.05, 4.69) is 46.8 Å². The molecule has 11 aromatic rings. The van der Waals surface area contributed by atoms with Crippen molar-refractivity contribution in [2.24, 2.45) is 0 Å². The molecule has 6 heterocycles. The Morgan fingerprint density at radius 1 is 0.378 bits per heavy atom. The lowest BCUT2D eigenvalue weighted by molar-refractivity contribution is -0.144. The number of esters is 2. The summed E-state index contributed by atoms with van der Waals surface area (Å²) in [6.07, 6.45) is -5.05. The van der Waals surface area contributed by atoms with Gasteiger partial charge in [0.25, 0.3) is 0 Å². The number of imidazole rings is 3. The molecule has 0 bridgehead atoms. The number of aromatic nitrogens is 6. The fourth-order valence-electron chi connectivity index (χ4n) is 13.0. The molecular formula is C93H101B3Br2F12N6O11. The van der Waals surface area contributed by atoms with Crippen LogP contribution in [0.2, 0.25) is 0 Å². The maximum Gasteiger partial charge on any atom is 0.495 e. The van der Waals surface area contributed by atoms with Gasteiger partial charge in [0.2, 0.25) is 0 Å². The molecule has 3 saturated heterocycles. The van der Waals surface area contributed by atoms with Crippen molar-refractivity contribution in [3.8, 4) is 22.5 Å². The van der Waals surface area contributed by atoms with E-state index in [9.17, 15) is 62.3 Å². The van der Waals surface area contributed by atoms with Gasteiger partial charge in [0.1, 0.15) is 17.7 Å². The highest BCUT2D eigenvalue weighted by Crippen LogP contribution is 2.44. The van der Waals surface area contributed by atoms with Crippen molar-refractivity contribution < 1.29 is 105 Å². The third-order valence-corrected chi connectivity index (χ3v) is 23.2. The number of halogens is 14. The number of carbonyl (C=O) groups is 2. The first-order valence-corrected chi connectivity index (χ1v) is 42.3. The highest BCUT2D eigenvalue weighted by molar-refractivity contribution is 9.10. The second-order valence-electron chi connectivity index (χ2n) is 33.1. The van der Waals surface area contributed by atoms with E-state index in [0.29, 0.717) is 55.7 Å². The molecule has 3 aromatic heterocycles. The zero-order valence-electron chi connectivity index (χ0n) is 72.7. The molecule has 0 amide bonds. The van der Waals surface area contributed by atoms with Crippen molar-refractivity contribution in [3.05, 3.63) is 308 Å². The van der Waals surface area contributed by atoms with E-state index in [4.69, 9.17) is 42.5 Å². The normalized spacial score (nSPS) is 15.8. The summed E-state index contributed by atoms with van der Waals surface area (Å²) in [6, 6.07) is 51.5. The van der Waals surface area contributed by atoms with Crippen LogP contribution in [-0.4, -0.2) is 120 Å². The van der Waals surface area contributed by atoms with Gasteiger partial charge in [0.15, 0.2) is 0 Å². The molecule has 127 heavy (non-hydrogen) atoms. The van der Waals surface area contributed by atoms with Crippen LogP contribution in [0, 0.1) is 0 Å². The van der Waals surface area contributed by atoms with Gasteiger partial charge in [0.05, 0.1) is 106 Å². The van der Waals surface area contributed by atoms with Gasteiger partial charge in [-0.3, -0.25) is 9.59 Å². The zero-order chi connectivity index (χ0) is 93.3. The van der Waals surface area contributed by atoms with Crippen molar-refractivity contribution in [2.75, 3.05) is 19.8 Å². The van der Waals surface area contributed by atoms with E-state index in [-0.39, 0.29) is 54.0 Å². The molecule has 8 aromatic carbocycles. The Labute approximate surface area is 749 Å². The minimum Gasteiger partial charge on any atom is -0.465 e. The van der Waals surface area contributed by atoms with Crippen molar-refractivity contribution >= 4 is 70.4 Å². The minimum absolute atomic E-state index is 0.0308. The number of carbonyl (C=O) groups excluding carboxylic acids is 2. The maximum absolute atomic E-state index is 12.7. The summed E-state index contributed by atoms with van der Waals surface area (Å²) < 4.78 is 204. The summed E-state index contributed by atoms with van der Waals surface area (Å²) in [6.45, 7) is 29.2. The summed E-state index contributed by atoms with van der Waals surface area (Å²) in [5, 5.41) is 9.00. The highest BCUT2D eigenvalue weighted by Gasteiger charge is 2.64. The van der Waals surface area contributed by atoms with Gasteiger partial charge in [-0.05, 0) is 243 Å². The Hall–Kier alpha value is -9.64. The van der Waals surface area contributed by atoms with Crippen LogP contribution in [0.5, 0.6) is 0 Å². The molecule has 1 N–H and O–H groups in total. The third-order valence-electron chi connectivity index (χ3n) is 22.0. The number of aliphatic hydroxyl groups is 1. The maximum atomic E-state index is 12.7. The predicted molar refractivity (Wildman–Crippen MR) is 471 cm³/mol. The Balaban J connectivity index is 0.000000175. The number of aliphatic hydroxyl groups excluding tert-OH is 1. The summed E-state index contributed by atoms with van der Waals surface area (Å²) in [7, 11) is -1.45. The van der Waals surface area contributed by atoms with Crippen LogP contribution in [0.3, 0.4) is 0 Å². The van der Waals surface area contributed by atoms with Crippen LogP contribution >= 0.6 is 31.9 Å². The Morgan fingerprint density at radius 3 is 1.01 bits per heavy atom. The van der Waals surface area contributed by atoms with Gasteiger partial charge in [-0.2, -0.15) is 52.7 Å². The first-order chi connectivity index (χ1) is 59.4. The van der Waals surface area contributed by atoms with Crippen LogP contribution in [0.15, 0.2) is 241 Å². The molecule has 34 heteroatoms. The first-order valence-electron chi connectivity index (χ1n) is 40.7. The fraction of sp³-hybridized carbons (Fsp3) is 0.366. The Bertz CT molecular complexity index is 5310. The lowest BCUT2D eigenvalue weighted by Gasteiger charge is -2.32. The average Bonchev–Trinajstić information content (AvgIpc) is 1.60. The summed E-state index contributed by atoms with van der Waals surface area (Å²) in [5.74, 6) is -0.591. The van der Waals surface area contributed by atoms with Crippen molar-refractivity contribution in [2.45, 2.75) is 201 Å². The SMILES string of the molecule is CC1(C)OB(B2OC(C)(C)C(C)(C)O2)OC1(C)C.CC1(C)OB(c2ccccc2Cc2ccc(C(F)(F)F)cc2)OC1(C)C.CCOC(=O)Cn1cnc(-c2ccccc2Cc2ccc(C(F)(F)F)cc2)c1.CCOC(=O)Cn1cnc(Br)c1.FC(F)(F)c1ccc(Cc2ccccc2Br)cc1.OCCn1cnc(-c2ccccc2Cc2ccc(C(F)(F)F)cc2)c1. The number of hydrogen-bond acceptors (Lipinski definition) is 14. The second kappa shape index (κ2) is 42.7. The fourth-order valence-corrected chi connectivity index (χ4v) is 13.7. The van der Waals surface area contributed by atoms with Gasteiger partial charge in [-0.1, -0.05) is 155 Å². The molecule has 0 spiro atoms. The summed E-state index contributed by atoms with van der Waals surface area (Å²) in [5.41, 5.74) is 6.46. The predicted octanol–water partition coefficient (Wildman–Crippen LogP) is 22.0. The lowest BCUT2D eigenvalue weighted by Crippen LogP contribution is -2.41. The van der Waals surface area contributed by atoms with E-state index >= 15 is 0 Å².